The molecule has 0 aromatic heterocycles. The zero-order valence-electron chi connectivity index (χ0n) is 24.8. The fourth-order valence-corrected chi connectivity index (χ4v) is 5.38. The van der Waals surface area contributed by atoms with Crippen molar-refractivity contribution in [3.05, 3.63) is 155 Å². The highest BCUT2D eigenvalue weighted by molar-refractivity contribution is 8.00. The molecule has 230 valence electrons. The first-order valence-electron chi connectivity index (χ1n) is 14.4. The molecule has 0 spiro atoms. The fourth-order valence-electron chi connectivity index (χ4n) is 4.27. The molecule has 3 N–H and O–H groups in total. The van der Waals surface area contributed by atoms with Crippen LogP contribution in [0.4, 0.5) is 11.4 Å². The van der Waals surface area contributed by atoms with Crippen LogP contribution in [0.2, 0.25) is 5.02 Å². The number of carbonyl (C=O) groups is 3. The third kappa shape index (κ3) is 9.11. The topological polar surface area (TPSA) is 96.5 Å². The minimum absolute atomic E-state index is 0.0212. The highest BCUT2D eigenvalue weighted by atomic mass is 35.5. The summed E-state index contributed by atoms with van der Waals surface area (Å²) in [5.74, 6) is 0.251. The number of para-hydroxylation sites is 1. The second-order valence-electron chi connectivity index (χ2n) is 10.1. The Morgan fingerprint density at radius 2 is 1.37 bits per heavy atom. The van der Waals surface area contributed by atoms with Gasteiger partial charge in [-0.05, 0) is 91.4 Å². The van der Waals surface area contributed by atoms with Crippen molar-refractivity contribution in [2.24, 2.45) is 0 Å². The molecule has 7 nitrogen and oxygen atoms in total. The van der Waals surface area contributed by atoms with Crippen LogP contribution in [0, 0.1) is 0 Å². The summed E-state index contributed by atoms with van der Waals surface area (Å²) in [6.07, 6.45) is 1.53. The van der Waals surface area contributed by atoms with E-state index in [0.717, 1.165) is 10.6 Å². The van der Waals surface area contributed by atoms with Gasteiger partial charge in [-0.25, -0.2) is 0 Å². The summed E-state index contributed by atoms with van der Waals surface area (Å²) in [6.45, 7) is 1.81. The third-order valence-corrected chi connectivity index (χ3v) is 8.05. The van der Waals surface area contributed by atoms with Crippen LogP contribution in [0.5, 0.6) is 11.5 Å². The molecule has 0 radical (unpaired) electrons. The summed E-state index contributed by atoms with van der Waals surface area (Å²) in [5.41, 5.74) is 2.14. The van der Waals surface area contributed by atoms with Crippen molar-refractivity contribution in [2.75, 3.05) is 10.6 Å². The van der Waals surface area contributed by atoms with E-state index in [1.807, 2.05) is 43.3 Å². The van der Waals surface area contributed by atoms with Gasteiger partial charge in [-0.2, -0.15) is 0 Å². The van der Waals surface area contributed by atoms with Crippen molar-refractivity contribution < 1.29 is 19.1 Å². The minimum Gasteiger partial charge on any atom is -0.457 e. The highest BCUT2D eigenvalue weighted by Gasteiger charge is 2.18. The standard InChI is InChI=1S/C37H30ClN3O4S/c1-25(35(42)39-28-19-21-31(22-20-28)45-30-15-6-3-7-16-30)46-32-17-10-14-29(24-32)40-37(44)34(23-27-13-8-9-18-33(27)38)41-36(43)26-11-4-2-5-12-26/h2-25H,1H3,(H,39,42)(H,40,44)(H,41,43)/b34-23+. The Bertz CT molecular complexity index is 1850. The number of ether oxygens (including phenoxy) is 1. The average Bonchev–Trinajstić information content (AvgIpc) is 3.07. The van der Waals surface area contributed by atoms with E-state index in [1.165, 1.54) is 17.8 Å². The van der Waals surface area contributed by atoms with E-state index in [4.69, 9.17) is 16.3 Å². The Balaban J connectivity index is 1.23. The molecule has 0 fully saturated rings. The van der Waals surface area contributed by atoms with Crippen molar-refractivity contribution in [1.82, 2.24) is 5.32 Å². The Morgan fingerprint density at radius 3 is 2.09 bits per heavy atom. The van der Waals surface area contributed by atoms with Gasteiger partial charge in [-0.3, -0.25) is 14.4 Å². The van der Waals surface area contributed by atoms with Crippen molar-refractivity contribution in [1.29, 1.82) is 0 Å². The summed E-state index contributed by atoms with van der Waals surface area (Å²) < 4.78 is 5.82. The number of benzene rings is 5. The van der Waals surface area contributed by atoms with Crippen molar-refractivity contribution in [2.45, 2.75) is 17.1 Å². The van der Waals surface area contributed by atoms with Crippen molar-refractivity contribution in [3.8, 4) is 11.5 Å². The molecule has 0 aliphatic heterocycles. The predicted octanol–water partition coefficient (Wildman–Crippen LogP) is 8.66. The zero-order chi connectivity index (χ0) is 32.3. The molecule has 46 heavy (non-hydrogen) atoms. The van der Waals surface area contributed by atoms with E-state index in [2.05, 4.69) is 16.0 Å². The molecule has 5 rings (SSSR count). The number of hydrogen-bond acceptors (Lipinski definition) is 5. The van der Waals surface area contributed by atoms with E-state index in [0.29, 0.717) is 33.3 Å². The van der Waals surface area contributed by atoms with Crippen molar-refractivity contribution in [3.63, 3.8) is 0 Å². The van der Waals surface area contributed by atoms with Gasteiger partial charge in [-0.15, -0.1) is 11.8 Å². The maximum atomic E-state index is 13.4. The van der Waals surface area contributed by atoms with Crippen LogP contribution in [0.15, 0.2) is 144 Å². The van der Waals surface area contributed by atoms with E-state index < -0.39 is 17.1 Å². The maximum Gasteiger partial charge on any atom is 0.272 e. The second-order valence-corrected chi connectivity index (χ2v) is 11.9. The summed E-state index contributed by atoms with van der Waals surface area (Å²) in [4.78, 5) is 40.1. The summed E-state index contributed by atoms with van der Waals surface area (Å²) in [6, 6.07) is 39.4. The largest absolute Gasteiger partial charge is 0.457 e. The Morgan fingerprint density at radius 1 is 0.717 bits per heavy atom. The fraction of sp³-hybridized carbons (Fsp3) is 0.0541. The summed E-state index contributed by atoms with van der Waals surface area (Å²) >= 11 is 7.69. The molecule has 5 aromatic carbocycles. The summed E-state index contributed by atoms with van der Waals surface area (Å²) in [7, 11) is 0. The van der Waals surface area contributed by atoms with Gasteiger partial charge in [0.15, 0.2) is 0 Å². The van der Waals surface area contributed by atoms with Crippen LogP contribution in [0.1, 0.15) is 22.8 Å². The lowest BCUT2D eigenvalue weighted by Gasteiger charge is -2.14. The minimum atomic E-state index is -0.531. The van der Waals surface area contributed by atoms with Crippen LogP contribution < -0.4 is 20.7 Å². The van der Waals surface area contributed by atoms with Crippen molar-refractivity contribution >= 4 is 58.5 Å². The molecule has 3 amide bonds. The molecule has 0 heterocycles. The zero-order valence-corrected chi connectivity index (χ0v) is 26.3. The van der Waals surface area contributed by atoms with Crippen LogP contribution in [-0.2, 0) is 9.59 Å². The molecule has 9 heteroatoms. The van der Waals surface area contributed by atoms with E-state index in [1.54, 1.807) is 97.1 Å². The first-order chi connectivity index (χ1) is 22.3. The number of hydrogen-bond donors (Lipinski definition) is 3. The van der Waals surface area contributed by atoms with Crippen LogP contribution in [-0.4, -0.2) is 23.0 Å². The quantitative estimate of drug-likeness (QED) is 0.0985. The van der Waals surface area contributed by atoms with Gasteiger partial charge < -0.3 is 20.7 Å². The number of amides is 3. The number of anilines is 2. The van der Waals surface area contributed by atoms with E-state index in [9.17, 15) is 14.4 Å². The molecule has 0 aliphatic carbocycles. The van der Waals surface area contributed by atoms with Gasteiger partial charge in [0, 0.05) is 26.9 Å². The molecule has 0 saturated heterocycles. The molecule has 0 bridgehead atoms. The van der Waals surface area contributed by atoms with Gasteiger partial charge in [-0.1, -0.05) is 72.3 Å². The third-order valence-electron chi connectivity index (χ3n) is 6.61. The van der Waals surface area contributed by atoms with Gasteiger partial charge in [0.25, 0.3) is 11.8 Å². The molecule has 5 aromatic rings. The molecule has 1 atom stereocenters. The van der Waals surface area contributed by atoms with Crippen LogP contribution in [0.25, 0.3) is 6.08 Å². The second kappa shape index (κ2) is 15.6. The number of carbonyl (C=O) groups excluding carboxylic acids is 3. The summed E-state index contributed by atoms with van der Waals surface area (Å²) in [5, 5.41) is 8.49. The Kier molecular flexibility index (Phi) is 10.9. The average molecular weight is 648 g/mol. The normalized spacial score (nSPS) is 11.7. The van der Waals surface area contributed by atoms with Gasteiger partial charge >= 0.3 is 0 Å². The first kappa shape index (κ1) is 32.1. The SMILES string of the molecule is CC(Sc1cccc(NC(=O)/C(=C\c2ccccc2Cl)NC(=O)c2ccccc2)c1)C(=O)Nc1ccc(Oc2ccccc2)cc1. The molecule has 0 aliphatic rings. The first-order valence-corrected chi connectivity index (χ1v) is 15.6. The van der Waals surface area contributed by atoms with Crippen LogP contribution >= 0.6 is 23.4 Å². The van der Waals surface area contributed by atoms with E-state index in [-0.39, 0.29) is 11.6 Å². The smallest absolute Gasteiger partial charge is 0.272 e. The van der Waals surface area contributed by atoms with Gasteiger partial charge in [0.1, 0.15) is 17.2 Å². The monoisotopic (exact) mass is 647 g/mol. The Labute approximate surface area is 276 Å². The Hall–Kier alpha value is -5.31. The number of nitrogens with one attached hydrogen (secondary N) is 3. The lowest BCUT2D eigenvalue weighted by molar-refractivity contribution is -0.115. The lowest BCUT2D eigenvalue weighted by atomic mass is 10.1. The number of rotatable bonds is 11. The number of halogens is 1. The maximum absolute atomic E-state index is 13.4. The molecule has 1 unspecified atom stereocenters. The lowest BCUT2D eigenvalue weighted by Crippen LogP contribution is -2.30. The predicted molar refractivity (Wildman–Crippen MR) is 185 cm³/mol. The molecular weight excluding hydrogens is 618 g/mol. The highest BCUT2D eigenvalue weighted by Crippen LogP contribution is 2.28. The number of thioether (sulfide) groups is 1. The van der Waals surface area contributed by atoms with E-state index >= 15 is 0 Å². The van der Waals surface area contributed by atoms with Crippen LogP contribution in [0.3, 0.4) is 0 Å². The molecule has 0 saturated carbocycles. The van der Waals surface area contributed by atoms with Gasteiger partial charge in [0.2, 0.25) is 5.91 Å². The van der Waals surface area contributed by atoms with Gasteiger partial charge in [0.05, 0.1) is 5.25 Å². The molecular formula is C37H30ClN3O4S.